The molecule has 0 aromatic heterocycles. The number of carbonyl (C=O) groups excluding carboxylic acids is 4. The minimum atomic E-state index is -0.924. The second-order valence-electron chi connectivity index (χ2n) is 11.6. The topological polar surface area (TPSA) is 120 Å². The van der Waals surface area contributed by atoms with E-state index in [-0.39, 0.29) is 31.6 Å². The number of nitrogens with one attached hydrogen (secondary N) is 3. The molecule has 11 heteroatoms. The number of hydrogen-bond donors (Lipinski definition) is 3. The highest BCUT2D eigenvalue weighted by molar-refractivity contribution is 6.30. The van der Waals surface area contributed by atoms with Gasteiger partial charge in [0.15, 0.2) is 0 Å². The summed E-state index contributed by atoms with van der Waals surface area (Å²) in [6.07, 6.45) is 3.68. The van der Waals surface area contributed by atoms with E-state index < -0.39 is 35.4 Å². The van der Waals surface area contributed by atoms with Gasteiger partial charge in [0.25, 0.3) is 5.91 Å². The van der Waals surface area contributed by atoms with Gasteiger partial charge in [-0.25, -0.2) is 0 Å². The molecule has 3 rings (SSSR count). The number of benzene rings is 2. The van der Waals surface area contributed by atoms with Gasteiger partial charge in [0.1, 0.15) is 12.1 Å². The van der Waals surface area contributed by atoms with Crippen LogP contribution in [0.15, 0.2) is 67.0 Å². The Morgan fingerprint density at radius 2 is 1.70 bits per heavy atom. The lowest BCUT2D eigenvalue weighted by Gasteiger charge is -2.36. The molecular formula is C32H42ClN5O5. The summed E-state index contributed by atoms with van der Waals surface area (Å²) in [5.41, 5.74) is 1.30. The van der Waals surface area contributed by atoms with Gasteiger partial charge in [0, 0.05) is 24.0 Å². The van der Waals surface area contributed by atoms with Gasteiger partial charge in [-0.05, 0) is 49.1 Å². The molecule has 0 unspecified atom stereocenters. The van der Waals surface area contributed by atoms with Crippen molar-refractivity contribution in [2.75, 3.05) is 26.7 Å². The molecular weight excluding hydrogens is 570 g/mol. The summed E-state index contributed by atoms with van der Waals surface area (Å²) in [6, 6.07) is 14.7. The van der Waals surface area contributed by atoms with Crippen LogP contribution in [0.1, 0.15) is 38.8 Å². The molecule has 43 heavy (non-hydrogen) atoms. The third-order valence-electron chi connectivity index (χ3n) is 7.17. The quantitative estimate of drug-likeness (QED) is 0.320. The minimum absolute atomic E-state index is 0.0337. The van der Waals surface area contributed by atoms with Crippen LogP contribution in [-0.2, 0) is 36.9 Å². The maximum atomic E-state index is 13.6. The van der Waals surface area contributed by atoms with Gasteiger partial charge in [-0.15, -0.1) is 0 Å². The molecule has 10 nitrogen and oxygen atoms in total. The van der Waals surface area contributed by atoms with E-state index in [0.29, 0.717) is 18.0 Å². The van der Waals surface area contributed by atoms with Crippen molar-refractivity contribution >= 4 is 35.2 Å². The lowest BCUT2D eigenvalue weighted by atomic mass is 9.86. The predicted molar refractivity (Wildman–Crippen MR) is 166 cm³/mol. The largest absolute Gasteiger partial charge is 0.374 e. The molecule has 3 atom stereocenters. The van der Waals surface area contributed by atoms with Crippen LogP contribution in [0.3, 0.4) is 0 Å². The number of halogens is 1. The first-order valence-corrected chi connectivity index (χ1v) is 14.7. The van der Waals surface area contributed by atoms with E-state index in [0.717, 1.165) is 11.1 Å². The molecule has 232 valence electrons. The molecule has 0 saturated heterocycles. The summed E-state index contributed by atoms with van der Waals surface area (Å²) in [6.45, 7) is 7.43. The summed E-state index contributed by atoms with van der Waals surface area (Å²) in [5, 5.41) is 8.88. The molecule has 0 spiro atoms. The van der Waals surface area contributed by atoms with Crippen molar-refractivity contribution in [1.82, 2.24) is 25.8 Å². The average molecular weight is 612 g/mol. The maximum absolute atomic E-state index is 13.6. The first kappa shape index (κ1) is 33.8. The first-order valence-electron chi connectivity index (χ1n) is 14.3. The molecule has 0 radical (unpaired) electrons. The second-order valence-corrected chi connectivity index (χ2v) is 12.0. The fraction of sp³-hybridized carbons (Fsp3) is 0.438. The van der Waals surface area contributed by atoms with Crippen molar-refractivity contribution in [3.63, 3.8) is 0 Å². The fourth-order valence-corrected chi connectivity index (χ4v) is 4.68. The van der Waals surface area contributed by atoms with Gasteiger partial charge in [-0.1, -0.05) is 74.8 Å². The molecule has 0 bridgehead atoms. The van der Waals surface area contributed by atoms with Crippen molar-refractivity contribution < 1.29 is 23.9 Å². The highest BCUT2D eigenvalue weighted by Gasteiger charge is 2.37. The van der Waals surface area contributed by atoms with Crippen LogP contribution in [0.4, 0.5) is 0 Å². The molecule has 1 heterocycles. The number of nitrogens with zero attached hydrogens (tertiary/aromatic N) is 2. The monoisotopic (exact) mass is 611 g/mol. The van der Waals surface area contributed by atoms with E-state index >= 15 is 0 Å². The number of ether oxygens (including phenoxy) is 1. The number of likely N-dealkylation sites (N-methyl/N-ethyl adjacent to an activating group) is 1. The van der Waals surface area contributed by atoms with E-state index in [4.69, 9.17) is 16.3 Å². The van der Waals surface area contributed by atoms with Gasteiger partial charge >= 0.3 is 0 Å². The van der Waals surface area contributed by atoms with Crippen LogP contribution >= 0.6 is 11.6 Å². The van der Waals surface area contributed by atoms with Gasteiger partial charge in [-0.2, -0.15) is 0 Å². The highest BCUT2D eigenvalue weighted by atomic mass is 35.5. The predicted octanol–water partition coefficient (Wildman–Crippen LogP) is 2.86. The van der Waals surface area contributed by atoms with Crippen molar-refractivity contribution in [1.29, 1.82) is 0 Å². The van der Waals surface area contributed by atoms with E-state index in [9.17, 15) is 19.2 Å². The van der Waals surface area contributed by atoms with Crippen molar-refractivity contribution in [3.8, 4) is 0 Å². The summed E-state index contributed by atoms with van der Waals surface area (Å²) in [4.78, 5) is 55.5. The zero-order valence-electron chi connectivity index (χ0n) is 25.4. The Balaban J connectivity index is 1.71. The fourth-order valence-electron chi connectivity index (χ4n) is 4.47. The minimum Gasteiger partial charge on any atom is -0.374 e. The van der Waals surface area contributed by atoms with Crippen molar-refractivity contribution in [2.24, 2.45) is 5.41 Å². The van der Waals surface area contributed by atoms with Crippen LogP contribution in [0.2, 0.25) is 5.02 Å². The van der Waals surface area contributed by atoms with Crippen LogP contribution in [0.5, 0.6) is 0 Å². The zero-order valence-corrected chi connectivity index (χ0v) is 26.2. The highest BCUT2D eigenvalue weighted by Crippen LogP contribution is 2.20. The second kappa shape index (κ2) is 15.7. The van der Waals surface area contributed by atoms with Crippen LogP contribution in [0.25, 0.3) is 0 Å². The molecule has 2 aromatic carbocycles. The Hall–Kier alpha value is -3.73. The SMILES string of the molecule is CN[C@@H](C)C(=O)N[C@H](C(=O)NCC(=O)N1C=CN(CCc2cccc(Cl)c2)C(=O)[C@@H]1COCc1ccccc1)C(C)(C)C. The Labute approximate surface area is 258 Å². The lowest BCUT2D eigenvalue weighted by Crippen LogP contribution is -2.58. The Bertz CT molecular complexity index is 1300. The standard InChI is InChI=1S/C32H42ClN5O5/c1-22(34-5)29(40)36-28(32(2,3)4)30(41)35-19-27(39)38-17-16-37(15-14-23-12-9-13-25(33)18-23)31(42)26(38)21-43-20-24-10-7-6-8-11-24/h6-13,16-18,22,26,28,34H,14-15,19-21H2,1-5H3,(H,35,41)(H,36,40)/t22-,26-,28+/m0/s1. The summed E-state index contributed by atoms with van der Waals surface area (Å²) >= 11 is 6.11. The Kier molecular flexibility index (Phi) is 12.3. The number of carbonyl (C=O) groups is 4. The van der Waals surface area contributed by atoms with Crippen LogP contribution in [-0.4, -0.2) is 78.3 Å². The van der Waals surface area contributed by atoms with Gasteiger partial charge < -0.3 is 30.5 Å². The van der Waals surface area contributed by atoms with E-state index in [2.05, 4.69) is 16.0 Å². The molecule has 4 amide bonds. The zero-order chi connectivity index (χ0) is 31.6. The van der Waals surface area contributed by atoms with E-state index in [1.807, 2.05) is 69.3 Å². The van der Waals surface area contributed by atoms with Crippen molar-refractivity contribution in [2.45, 2.75) is 58.8 Å². The summed E-state index contributed by atoms with van der Waals surface area (Å²) in [5.74, 6) is -1.60. The third kappa shape index (κ3) is 9.91. The summed E-state index contributed by atoms with van der Waals surface area (Å²) in [7, 11) is 1.65. The van der Waals surface area contributed by atoms with Gasteiger partial charge in [0.2, 0.25) is 17.7 Å². The number of hydrogen-bond acceptors (Lipinski definition) is 6. The molecule has 3 N–H and O–H groups in total. The smallest absolute Gasteiger partial charge is 0.252 e. The third-order valence-corrected chi connectivity index (χ3v) is 7.41. The Morgan fingerprint density at radius 3 is 2.35 bits per heavy atom. The average Bonchev–Trinajstić information content (AvgIpc) is 2.98. The van der Waals surface area contributed by atoms with E-state index in [1.54, 1.807) is 37.3 Å². The lowest BCUT2D eigenvalue weighted by molar-refractivity contribution is -0.146. The Morgan fingerprint density at radius 1 is 1.00 bits per heavy atom. The molecule has 0 saturated carbocycles. The van der Waals surface area contributed by atoms with E-state index in [1.165, 1.54) is 4.90 Å². The molecule has 1 aliphatic heterocycles. The van der Waals surface area contributed by atoms with Gasteiger partial charge in [0.05, 0.1) is 25.8 Å². The van der Waals surface area contributed by atoms with Crippen LogP contribution < -0.4 is 16.0 Å². The van der Waals surface area contributed by atoms with Gasteiger partial charge in [-0.3, -0.25) is 19.2 Å². The molecule has 0 fully saturated rings. The normalized spacial score (nSPS) is 16.5. The number of rotatable bonds is 13. The molecule has 2 aromatic rings. The number of amides is 4. The molecule has 0 aliphatic carbocycles. The first-order chi connectivity index (χ1) is 20.4. The summed E-state index contributed by atoms with van der Waals surface area (Å²) < 4.78 is 5.89. The maximum Gasteiger partial charge on any atom is 0.252 e. The molecule has 1 aliphatic rings. The van der Waals surface area contributed by atoms with Crippen molar-refractivity contribution in [3.05, 3.63) is 83.1 Å². The van der Waals surface area contributed by atoms with Crippen LogP contribution in [0, 0.1) is 5.41 Å².